The van der Waals surface area contributed by atoms with Gasteiger partial charge in [-0.1, -0.05) is 0 Å². The average Bonchev–Trinajstić information content (AvgIpc) is 2.15. The van der Waals surface area contributed by atoms with Gasteiger partial charge in [-0.05, 0) is 12.1 Å². The van der Waals surface area contributed by atoms with Gasteiger partial charge in [-0.25, -0.2) is 8.42 Å². The normalized spacial score (nSPS) is 12.6. The molecule has 0 aliphatic carbocycles. The molecular formula is C11H18N2O3S. The number of nitrogen functional groups attached to an aromatic ring is 1. The Balaban J connectivity index is 2.65. The van der Waals surface area contributed by atoms with Crippen molar-refractivity contribution in [2.75, 3.05) is 32.1 Å². The summed E-state index contributed by atoms with van der Waals surface area (Å²) in [5.74, 6) is -0.316. The van der Waals surface area contributed by atoms with E-state index >= 15 is 0 Å². The Kier molecular flexibility index (Phi) is 4.13. The van der Waals surface area contributed by atoms with Crippen LogP contribution in [0, 0.1) is 0 Å². The van der Waals surface area contributed by atoms with Crippen molar-refractivity contribution in [1.29, 1.82) is 0 Å². The molecule has 6 heteroatoms. The topological polar surface area (TPSA) is 83.2 Å². The van der Waals surface area contributed by atoms with Crippen LogP contribution in [-0.2, 0) is 10.1 Å². The van der Waals surface area contributed by atoms with Gasteiger partial charge in [0.2, 0.25) is 0 Å². The van der Waals surface area contributed by atoms with Crippen LogP contribution in [0.15, 0.2) is 24.3 Å². The number of hydrogen-bond acceptors (Lipinski definition) is 4. The second kappa shape index (κ2) is 5.03. The lowest BCUT2D eigenvalue weighted by Gasteiger charge is -2.29. The van der Waals surface area contributed by atoms with Crippen LogP contribution in [0.1, 0.15) is 6.42 Å². The van der Waals surface area contributed by atoms with Gasteiger partial charge in [0, 0.05) is 30.0 Å². The van der Waals surface area contributed by atoms with Crippen molar-refractivity contribution >= 4 is 21.5 Å². The number of anilines is 1. The van der Waals surface area contributed by atoms with E-state index in [2.05, 4.69) is 0 Å². The Morgan fingerprint density at radius 2 is 1.76 bits per heavy atom. The number of nitrogens with zero attached hydrogens (tertiary/aromatic N) is 1. The monoisotopic (exact) mass is 258 g/mol. The predicted octanol–water partition coefficient (Wildman–Crippen LogP) is 0.771. The third kappa shape index (κ3) is 4.72. The molecular weight excluding hydrogens is 240 g/mol. The van der Waals surface area contributed by atoms with E-state index in [1.54, 1.807) is 12.1 Å². The molecule has 5 nitrogen and oxygen atoms in total. The van der Waals surface area contributed by atoms with Gasteiger partial charge in [-0.15, -0.1) is 0 Å². The van der Waals surface area contributed by atoms with Crippen LogP contribution in [0.5, 0.6) is 0 Å². The third-order valence-corrected chi connectivity index (χ3v) is 3.49. The van der Waals surface area contributed by atoms with Crippen LogP contribution in [0.25, 0.3) is 0 Å². The van der Waals surface area contributed by atoms with Crippen LogP contribution < -0.4 is 10.2 Å². The molecule has 1 aromatic rings. The Labute approximate surface area is 102 Å². The smallest absolute Gasteiger partial charge is 0.132 e. The Bertz CT molecular complexity index is 466. The van der Waals surface area contributed by atoms with E-state index in [9.17, 15) is 13.0 Å². The van der Waals surface area contributed by atoms with E-state index in [4.69, 9.17) is 5.73 Å². The van der Waals surface area contributed by atoms with E-state index in [0.717, 1.165) is 5.69 Å². The maximum Gasteiger partial charge on any atom is 0.132 e. The largest absolute Gasteiger partial charge is 0.748 e. The first-order chi connectivity index (χ1) is 7.71. The molecule has 1 rings (SSSR count). The van der Waals surface area contributed by atoms with Crippen molar-refractivity contribution in [2.45, 2.75) is 6.42 Å². The SMILES string of the molecule is C[N+](C)(CCCS(=O)(=O)[O-])c1ccc(N)cc1. The summed E-state index contributed by atoms with van der Waals surface area (Å²) in [5, 5.41) is 0. The molecule has 0 unspecified atom stereocenters. The number of quaternary nitrogens is 1. The average molecular weight is 258 g/mol. The molecule has 0 aliphatic rings. The fraction of sp³-hybridized carbons (Fsp3) is 0.455. The zero-order chi connectivity index (χ0) is 13.1. The molecule has 0 radical (unpaired) electrons. The minimum absolute atomic E-state index is 0.316. The lowest BCUT2D eigenvalue weighted by molar-refractivity contribution is 0.393. The first kappa shape index (κ1) is 14.0. The minimum atomic E-state index is -4.12. The second-order valence-electron chi connectivity index (χ2n) is 4.62. The predicted molar refractivity (Wildman–Crippen MR) is 68.5 cm³/mol. The minimum Gasteiger partial charge on any atom is -0.748 e. The lowest BCUT2D eigenvalue weighted by atomic mass is 10.2. The third-order valence-electron chi connectivity index (χ3n) is 2.70. The van der Waals surface area contributed by atoms with Crippen molar-refractivity contribution in [2.24, 2.45) is 0 Å². The summed E-state index contributed by atoms with van der Waals surface area (Å²) in [4.78, 5) is 0. The van der Waals surface area contributed by atoms with Crippen LogP contribution in [0.2, 0.25) is 0 Å². The molecule has 17 heavy (non-hydrogen) atoms. The number of hydrogen-bond donors (Lipinski definition) is 1. The Morgan fingerprint density at radius 1 is 1.24 bits per heavy atom. The Hall–Kier alpha value is -1.11. The molecule has 0 spiro atoms. The van der Waals surface area contributed by atoms with Crippen molar-refractivity contribution in [3.63, 3.8) is 0 Å². The summed E-state index contributed by atoms with van der Waals surface area (Å²) in [5.41, 5.74) is 7.32. The fourth-order valence-corrected chi connectivity index (χ4v) is 2.13. The summed E-state index contributed by atoms with van der Waals surface area (Å²) in [6.45, 7) is 0.589. The van der Waals surface area contributed by atoms with E-state index in [0.29, 0.717) is 23.1 Å². The van der Waals surface area contributed by atoms with Gasteiger partial charge < -0.3 is 10.3 Å². The maximum absolute atomic E-state index is 10.5. The molecule has 1 aromatic carbocycles. The van der Waals surface area contributed by atoms with Gasteiger partial charge in [0.25, 0.3) is 0 Å². The molecule has 0 bridgehead atoms. The van der Waals surface area contributed by atoms with E-state index in [1.807, 2.05) is 26.2 Å². The van der Waals surface area contributed by atoms with Crippen molar-refractivity contribution in [1.82, 2.24) is 4.48 Å². The molecule has 0 saturated carbocycles. The molecule has 96 valence electrons. The van der Waals surface area contributed by atoms with Gasteiger partial charge in [0.05, 0.1) is 30.8 Å². The zero-order valence-corrected chi connectivity index (χ0v) is 10.9. The highest BCUT2D eigenvalue weighted by molar-refractivity contribution is 7.85. The highest BCUT2D eigenvalue weighted by Crippen LogP contribution is 2.20. The number of rotatable bonds is 5. The van der Waals surface area contributed by atoms with Crippen molar-refractivity contribution in [3.05, 3.63) is 24.3 Å². The van der Waals surface area contributed by atoms with Crippen molar-refractivity contribution < 1.29 is 13.0 Å². The van der Waals surface area contributed by atoms with Gasteiger partial charge in [0.1, 0.15) is 5.69 Å². The second-order valence-corrected chi connectivity index (χ2v) is 6.14. The first-order valence-electron chi connectivity index (χ1n) is 5.33. The van der Waals surface area contributed by atoms with Gasteiger partial charge in [-0.3, -0.25) is 4.48 Å². The van der Waals surface area contributed by atoms with E-state index in [1.165, 1.54) is 0 Å². The summed E-state index contributed by atoms with van der Waals surface area (Å²) >= 11 is 0. The maximum atomic E-state index is 10.5. The molecule has 0 atom stereocenters. The fourth-order valence-electron chi connectivity index (χ4n) is 1.64. The lowest BCUT2D eigenvalue weighted by Crippen LogP contribution is -2.41. The highest BCUT2D eigenvalue weighted by atomic mass is 32.2. The van der Waals surface area contributed by atoms with Gasteiger partial charge in [-0.2, -0.15) is 0 Å². The van der Waals surface area contributed by atoms with E-state index < -0.39 is 10.1 Å². The summed E-state index contributed by atoms with van der Waals surface area (Å²) in [6.07, 6.45) is 0.350. The van der Waals surface area contributed by atoms with Crippen LogP contribution in [0.3, 0.4) is 0 Å². The quantitative estimate of drug-likeness (QED) is 0.480. The van der Waals surface area contributed by atoms with Crippen molar-refractivity contribution in [3.8, 4) is 0 Å². The zero-order valence-electron chi connectivity index (χ0n) is 10.1. The standard InChI is InChI=1S/C11H18N2O3S/c1-13(2,8-3-9-17(14,15)16)11-6-4-10(12)5-7-11/h4-7H,3,8-9,12H2,1-2H3. The molecule has 2 N–H and O–H groups in total. The number of nitrogens with two attached hydrogens (primary N) is 1. The van der Waals surface area contributed by atoms with E-state index in [-0.39, 0.29) is 5.75 Å². The van der Waals surface area contributed by atoms with Crippen LogP contribution >= 0.6 is 0 Å². The van der Waals surface area contributed by atoms with Gasteiger partial charge >= 0.3 is 0 Å². The highest BCUT2D eigenvalue weighted by Gasteiger charge is 2.18. The molecule has 0 aliphatic heterocycles. The summed E-state index contributed by atoms with van der Waals surface area (Å²) in [6, 6.07) is 7.42. The molecule has 0 aromatic heterocycles. The molecule has 0 fully saturated rings. The first-order valence-corrected chi connectivity index (χ1v) is 6.91. The van der Waals surface area contributed by atoms with Crippen LogP contribution in [-0.4, -0.2) is 39.4 Å². The van der Waals surface area contributed by atoms with Crippen LogP contribution in [0.4, 0.5) is 11.4 Å². The summed E-state index contributed by atoms with van der Waals surface area (Å²) < 4.78 is 32.1. The number of benzene rings is 1. The molecule has 0 amide bonds. The Morgan fingerprint density at radius 3 is 2.24 bits per heavy atom. The molecule has 0 heterocycles. The summed E-state index contributed by atoms with van der Waals surface area (Å²) in [7, 11) is -0.193. The molecule has 0 saturated heterocycles. The van der Waals surface area contributed by atoms with Gasteiger partial charge in [0.15, 0.2) is 0 Å².